The number of hydrogen-bond acceptors (Lipinski definition) is 5. The van der Waals surface area contributed by atoms with Crippen LogP contribution in [-0.2, 0) is 25.9 Å². The third kappa shape index (κ3) is 5.19. The van der Waals surface area contributed by atoms with E-state index in [2.05, 4.69) is 0 Å². The van der Waals surface area contributed by atoms with Crippen molar-refractivity contribution in [3.8, 4) is 0 Å². The van der Waals surface area contributed by atoms with Gasteiger partial charge in [0.25, 0.3) is 5.91 Å². The lowest BCUT2D eigenvalue weighted by molar-refractivity contribution is -0.137. The molecule has 0 radical (unpaired) electrons. The highest BCUT2D eigenvalue weighted by atomic mass is 32.2. The highest BCUT2D eigenvalue weighted by molar-refractivity contribution is 7.91. The second-order valence-corrected chi connectivity index (χ2v) is 9.24. The van der Waals surface area contributed by atoms with E-state index in [9.17, 15) is 18.0 Å². The van der Waals surface area contributed by atoms with Crippen molar-refractivity contribution >= 4 is 21.7 Å². The van der Waals surface area contributed by atoms with Gasteiger partial charge in [0, 0.05) is 12.6 Å². The number of rotatable bonds is 6. The van der Waals surface area contributed by atoms with Crippen LogP contribution in [0.4, 0.5) is 0 Å². The molecule has 0 saturated carbocycles. The summed E-state index contributed by atoms with van der Waals surface area (Å²) in [6.07, 6.45) is 0.396. The molecule has 1 amide bonds. The molecule has 1 saturated heterocycles. The lowest BCUT2D eigenvalue weighted by atomic mass is 10.1. The van der Waals surface area contributed by atoms with Gasteiger partial charge in [-0.25, -0.2) is 13.2 Å². The van der Waals surface area contributed by atoms with Crippen LogP contribution in [0.3, 0.4) is 0 Å². The van der Waals surface area contributed by atoms with Crippen LogP contribution in [0.25, 0.3) is 0 Å². The number of carbonyl (C=O) groups is 2. The summed E-state index contributed by atoms with van der Waals surface area (Å²) in [4.78, 5) is 26.5. The van der Waals surface area contributed by atoms with Crippen LogP contribution in [0, 0.1) is 6.92 Å². The highest BCUT2D eigenvalue weighted by Gasteiger charge is 2.35. The molecule has 0 bridgehead atoms. The average Bonchev–Trinajstić information content (AvgIpc) is 3.04. The van der Waals surface area contributed by atoms with E-state index in [1.54, 1.807) is 18.2 Å². The van der Waals surface area contributed by atoms with Crippen LogP contribution in [0.2, 0.25) is 0 Å². The van der Waals surface area contributed by atoms with Crippen LogP contribution in [0.5, 0.6) is 0 Å². The molecule has 1 atom stereocenters. The predicted octanol–water partition coefficient (Wildman–Crippen LogP) is 2.37. The maximum Gasteiger partial charge on any atom is 0.338 e. The minimum atomic E-state index is -3.15. The zero-order valence-electron chi connectivity index (χ0n) is 15.7. The molecule has 2 aromatic carbocycles. The van der Waals surface area contributed by atoms with Gasteiger partial charge in [0.2, 0.25) is 0 Å². The normalized spacial score (nSPS) is 17.8. The molecule has 3 rings (SSSR count). The van der Waals surface area contributed by atoms with E-state index >= 15 is 0 Å². The van der Waals surface area contributed by atoms with Gasteiger partial charge in [0.05, 0.1) is 17.1 Å². The molecule has 148 valence electrons. The van der Waals surface area contributed by atoms with Crippen molar-refractivity contribution < 1.29 is 22.7 Å². The molecule has 0 aromatic heterocycles. The zero-order chi connectivity index (χ0) is 20.1. The molecule has 28 heavy (non-hydrogen) atoms. The van der Waals surface area contributed by atoms with E-state index in [1.807, 2.05) is 43.3 Å². The van der Waals surface area contributed by atoms with Gasteiger partial charge in [-0.1, -0.05) is 48.0 Å². The monoisotopic (exact) mass is 401 g/mol. The molecule has 1 aliphatic rings. The fourth-order valence-electron chi connectivity index (χ4n) is 3.29. The quantitative estimate of drug-likeness (QED) is 0.694. The van der Waals surface area contributed by atoms with Gasteiger partial charge in [0.15, 0.2) is 16.4 Å². The minimum absolute atomic E-state index is 0.0581. The largest absolute Gasteiger partial charge is 0.452 e. The molecule has 0 N–H and O–H groups in total. The fourth-order valence-corrected chi connectivity index (χ4v) is 5.02. The predicted molar refractivity (Wildman–Crippen MR) is 106 cm³/mol. The summed E-state index contributed by atoms with van der Waals surface area (Å²) < 4.78 is 29.0. The molecule has 1 aliphatic heterocycles. The number of esters is 1. The standard InChI is InChI=1S/C21H23NO5S/c1-16-6-5-9-18(12-16)21(24)27-14-20(23)22(13-17-7-3-2-4-8-17)19-10-11-28(25,26)15-19/h2-9,12,19H,10-11,13-15H2,1H3/t19-/m0/s1. The van der Waals surface area contributed by atoms with Gasteiger partial charge in [-0.05, 0) is 31.0 Å². The number of ether oxygens (including phenoxy) is 1. The molecule has 0 spiro atoms. The molecular weight excluding hydrogens is 378 g/mol. The summed E-state index contributed by atoms with van der Waals surface area (Å²) in [6, 6.07) is 15.9. The summed E-state index contributed by atoms with van der Waals surface area (Å²) in [6.45, 7) is 1.72. The van der Waals surface area contributed by atoms with Crippen LogP contribution >= 0.6 is 0 Å². The van der Waals surface area contributed by atoms with Crippen LogP contribution < -0.4 is 0 Å². The van der Waals surface area contributed by atoms with Crippen LogP contribution in [0.1, 0.15) is 27.9 Å². The third-order valence-electron chi connectivity index (χ3n) is 4.75. The van der Waals surface area contributed by atoms with E-state index in [1.165, 1.54) is 4.90 Å². The number of hydrogen-bond donors (Lipinski definition) is 0. The van der Waals surface area contributed by atoms with Crippen molar-refractivity contribution in [3.63, 3.8) is 0 Å². The summed E-state index contributed by atoms with van der Waals surface area (Å²) in [5.74, 6) is -0.959. The topological polar surface area (TPSA) is 80.8 Å². The first-order chi connectivity index (χ1) is 13.3. The SMILES string of the molecule is Cc1cccc(C(=O)OCC(=O)N(Cc2ccccc2)[C@H]2CCS(=O)(=O)C2)c1. The number of sulfone groups is 1. The van der Waals surface area contributed by atoms with Crippen molar-refractivity contribution in [1.29, 1.82) is 0 Å². The Balaban J connectivity index is 1.70. The number of nitrogens with zero attached hydrogens (tertiary/aromatic N) is 1. The molecule has 7 heteroatoms. The Labute approximate surface area is 165 Å². The summed E-state index contributed by atoms with van der Waals surface area (Å²) >= 11 is 0. The van der Waals surface area contributed by atoms with E-state index in [0.29, 0.717) is 12.0 Å². The van der Waals surface area contributed by atoms with Crippen LogP contribution in [0.15, 0.2) is 54.6 Å². The molecule has 2 aromatic rings. The van der Waals surface area contributed by atoms with Crippen molar-refractivity contribution in [1.82, 2.24) is 4.90 Å². The molecule has 1 heterocycles. The first kappa shape index (κ1) is 20.1. The lowest BCUT2D eigenvalue weighted by Gasteiger charge is -2.28. The van der Waals surface area contributed by atoms with Crippen molar-refractivity contribution in [3.05, 3.63) is 71.3 Å². The molecule has 0 unspecified atom stereocenters. The highest BCUT2D eigenvalue weighted by Crippen LogP contribution is 2.20. The Morgan fingerprint density at radius 1 is 1.11 bits per heavy atom. The van der Waals surface area contributed by atoms with E-state index < -0.39 is 34.4 Å². The van der Waals surface area contributed by atoms with Gasteiger partial charge in [0.1, 0.15) is 0 Å². The fraction of sp³-hybridized carbons (Fsp3) is 0.333. The smallest absolute Gasteiger partial charge is 0.338 e. The summed E-state index contributed by atoms with van der Waals surface area (Å²) in [5, 5.41) is 0. The molecule has 0 aliphatic carbocycles. The third-order valence-corrected chi connectivity index (χ3v) is 6.50. The van der Waals surface area contributed by atoms with Gasteiger partial charge in [-0.2, -0.15) is 0 Å². The Morgan fingerprint density at radius 2 is 1.86 bits per heavy atom. The van der Waals surface area contributed by atoms with Crippen molar-refractivity contribution in [2.24, 2.45) is 0 Å². The second-order valence-electron chi connectivity index (χ2n) is 7.01. The number of aryl methyl sites for hydroxylation is 1. The Bertz CT molecular complexity index is 956. The van der Waals surface area contributed by atoms with Crippen molar-refractivity contribution in [2.75, 3.05) is 18.1 Å². The minimum Gasteiger partial charge on any atom is -0.452 e. The van der Waals surface area contributed by atoms with E-state index in [4.69, 9.17) is 4.74 Å². The molecule has 1 fully saturated rings. The lowest BCUT2D eigenvalue weighted by Crippen LogP contribution is -2.42. The Kier molecular flexibility index (Phi) is 6.14. The second kappa shape index (κ2) is 8.56. The first-order valence-electron chi connectivity index (χ1n) is 9.12. The van der Waals surface area contributed by atoms with Gasteiger partial charge >= 0.3 is 5.97 Å². The number of amides is 1. The molecular formula is C21H23NO5S. The summed E-state index contributed by atoms with van der Waals surface area (Å²) in [5.41, 5.74) is 2.19. The molecule has 6 nitrogen and oxygen atoms in total. The number of benzene rings is 2. The zero-order valence-corrected chi connectivity index (χ0v) is 16.5. The number of carbonyl (C=O) groups excluding carboxylic acids is 2. The maximum atomic E-state index is 12.8. The first-order valence-corrected chi connectivity index (χ1v) is 10.9. The van der Waals surface area contributed by atoms with Gasteiger partial charge in [-0.3, -0.25) is 4.79 Å². The van der Waals surface area contributed by atoms with Gasteiger partial charge in [-0.15, -0.1) is 0 Å². The summed E-state index contributed by atoms with van der Waals surface area (Å²) in [7, 11) is -3.15. The van der Waals surface area contributed by atoms with Crippen molar-refractivity contribution in [2.45, 2.75) is 25.9 Å². The average molecular weight is 401 g/mol. The Morgan fingerprint density at radius 3 is 2.50 bits per heavy atom. The van der Waals surface area contributed by atoms with E-state index in [0.717, 1.165) is 11.1 Å². The Hall–Kier alpha value is -2.67. The van der Waals surface area contributed by atoms with E-state index in [-0.39, 0.29) is 18.1 Å². The van der Waals surface area contributed by atoms with Crippen LogP contribution in [-0.4, -0.2) is 49.3 Å². The maximum absolute atomic E-state index is 12.8. The van der Waals surface area contributed by atoms with Gasteiger partial charge < -0.3 is 9.64 Å².